The molecule has 4 N–H and O–H groups in total. The molecule has 6 rings (SSSR count). The summed E-state index contributed by atoms with van der Waals surface area (Å²) in [6.07, 6.45) is -1.74. The molecule has 0 spiro atoms. The number of rotatable bonds is 13. The molecule has 0 unspecified atom stereocenters. The number of imidazole rings is 1. The first-order valence-electron chi connectivity index (χ1n) is 15.6. The minimum absolute atomic E-state index is 0.0381. The molecule has 0 bridgehead atoms. The first-order chi connectivity index (χ1) is 22.6. The second-order valence-electron chi connectivity index (χ2n) is 12.0. The van der Waals surface area contributed by atoms with Gasteiger partial charge in [-0.05, 0) is 24.0 Å². The van der Waals surface area contributed by atoms with Crippen LogP contribution in [0.1, 0.15) is 61.8 Å². The van der Waals surface area contributed by atoms with Crippen LogP contribution in [0.15, 0.2) is 73.3 Å². The quantitative estimate of drug-likeness (QED) is 0.146. The van der Waals surface area contributed by atoms with Crippen molar-refractivity contribution in [1.29, 1.82) is 0 Å². The molecule has 0 aliphatic carbocycles. The SMILES string of the molecule is CCn1cnc([C@H]2O[C@@H](n3cnc4c(NCC(c5ccccc5)c5ccccc5)nc(CNS(=O)(=O)CC(C)C)nc43)[C@H](O)[C@@H]2O)n1. The van der Waals surface area contributed by atoms with E-state index in [0.29, 0.717) is 30.1 Å². The fraction of sp³-hybridized carbons (Fsp3) is 0.406. The highest BCUT2D eigenvalue weighted by atomic mass is 32.2. The molecule has 5 aromatic rings. The fourth-order valence-corrected chi connectivity index (χ4v) is 7.06. The van der Waals surface area contributed by atoms with Crippen LogP contribution in [-0.4, -0.2) is 77.4 Å². The fourth-order valence-electron chi connectivity index (χ4n) is 5.71. The molecule has 0 radical (unpaired) electrons. The molecule has 15 heteroatoms. The van der Waals surface area contributed by atoms with Gasteiger partial charge >= 0.3 is 0 Å². The van der Waals surface area contributed by atoms with E-state index in [1.807, 2.05) is 57.2 Å². The van der Waals surface area contributed by atoms with E-state index in [2.05, 4.69) is 54.4 Å². The lowest BCUT2D eigenvalue weighted by Gasteiger charge is -2.20. The van der Waals surface area contributed by atoms with Crippen LogP contribution in [0.4, 0.5) is 5.82 Å². The second kappa shape index (κ2) is 13.8. The highest BCUT2D eigenvalue weighted by Gasteiger charge is 2.47. The summed E-state index contributed by atoms with van der Waals surface area (Å²) in [5.41, 5.74) is 2.89. The number of sulfonamides is 1. The third-order valence-corrected chi connectivity index (χ3v) is 9.68. The largest absolute Gasteiger partial charge is 0.387 e. The second-order valence-corrected chi connectivity index (χ2v) is 13.8. The summed E-state index contributed by atoms with van der Waals surface area (Å²) in [6, 6.07) is 20.2. The van der Waals surface area contributed by atoms with Crippen molar-refractivity contribution < 1.29 is 23.4 Å². The Morgan fingerprint density at radius 1 is 0.936 bits per heavy atom. The molecular formula is C32H39N9O5S. The van der Waals surface area contributed by atoms with Crippen molar-refractivity contribution in [3.63, 3.8) is 0 Å². The Morgan fingerprint density at radius 3 is 2.23 bits per heavy atom. The zero-order valence-electron chi connectivity index (χ0n) is 26.4. The molecule has 248 valence electrons. The predicted molar refractivity (Wildman–Crippen MR) is 175 cm³/mol. The molecule has 4 heterocycles. The topological polar surface area (TPSA) is 182 Å². The number of nitrogens with zero attached hydrogens (tertiary/aromatic N) is 7. The molecular weight excluding hydrogens is 622 g/mol. The van der Waals surface area contributed by atoms with E-state index in [1.54, 1.807) is 4.68 Å². The molecule has 1 aliphatic rings. The lowest BCUT2D eigenvalue weighted by atomic mass is 9.91. The third-order valence-electron chi connectivity index (χ3n) is 7.99. The zero-order chi connectivity index (χ0) is 33.1. The van der Waals surface area contributed by atoms with Crippen molar-refractivity contribution in [1.82, 2.24) is 39.0 Å². The first-order valence-corrected chi connectivity index (χ1v) is 17.2. The Labute approximate surface area is 272 Å². The van der Waals surface area contributed by atoms with E-state index in [9.17, 15) is 18.6 Å². The smallest absolute Gasteiger partial charge is 0.212 e. The van der Waals surface area contributed by atoms with Crippen molar-refractivity contribution >= 4 is 27.0 Å². The summed E-state index contributed by atoms with van der Waals surface area (Å²) in [6.45, 7) is 6.43. The van der Waals surface area contributed by atoms with E-state index in [4.69, 9.17) is 9.72 Å². The van der Waals surface area contributed by atoms with Crippen molar-refractivity contribution in [3.05, 3.63) is 96.1 Å². The molecule has 0 saturated carbocycles. The van der Waals surface area contributed by atoms with Crippen LogP contribution < -0.4 is 10.0 Å². The molecule has 3 aromatic heterocycles. The van der Waals surface area contributed by atoms with Crippen LogP contribution in [0.3, 0.4) is 0 Å². The van der Waals surface area contributed by atoms with Gasteiger partial charge in [0, 0.05) is 19.0 Å². The molecule has 47 heavy (non-hydrogen) atoms. The summed E-state index contributed by atoms with van der Waals surface area (Å²) in [5.74, 6) is 0.673. The number of nitrogens with one attached hydrogen (secondary N) is 2. The van der Waals surface area contributed by atoms with Crippen molar-refractivity contribution in [3.8, 4) is 0 Å². The number of hydrogen-bond acceptors (Lipinski definition) is 11. The third kappa shape index (κ3) is 7.18. The van der Waals surface area contributed by atoms with Crippen LogP contribution in [0.25, 0.3) is 11.2 Å². The zero-order valence-corrected chi connectivity index (χ0v) is 27.2. The van der Waals surface area contributed by atoms with Gasteiger partial charge in [0.1, 0.15) is 24.4 Å². The van der Waals surface area contributed by atoms with Gasteiger partial charge in [0.15, 0.2) is 35.1 Å². The number of ether oxygens (including phenoxy) is 1. The summed E-state index contributed by atoms with van der Waals surface area (Å²) in [7, 11) is -3.60. The molecule has 1 aliphatic heterocycles. The summed E-state index contributed by atoms with van der Waals surface area (Å²) in [4.78, 5) is 18.2. The minimum Gasteiger partial charge on any atom is -0.387 e. The standard InChI is InChI=1S/C32H39N9O5S/c1-4-40-18-35-30(39-40)28-26(42)27(43)32(46-28)41-19-34-25-29(37-24(38-31(25)41)16-36-47(44,45)17-20(2)3)33-15-23(21-11-7-5-8-12-21)22-13-9-6-10-14-22/h5-14,18-20,23,26-28,32,36,42-43H,4,15-17H2,1-3H3,(H,33,37,38)/t26-,27+,28-,32+/m0/s1. The minimum atomic E-state index is -3.60. The maximum Gasteiger partial charge on any atom is 0.212 e. The maximum atomic E-state index is 12.7. The Hall–Kier alpha value is -4.28. The van der Waals surface area contributed by atoms with Gasteiger partial charge in [-0.1, -0.05) is 74.5 Å². The van der Waals surface area contributed by atoms with Gasteiger partial charge in [0.05, 0.1) is 18.6 Å². The van der Waals surface area contributed by atoms with Crippen LogP contribution in [0, 0.1) is 5.92 Å². The number of aryl methyl sites for hydroxylation is 1. The molecule has 2 aromatic carbocycles. The lowest BCUT2D eigenvalue weighted by molar-refractivity contribution is -0.0384. The van der Waals surface area contributed by atoms with Gasteiger partial charge in [0.2, 0.25) is 10.0 Å². The highest BCUT2D eigenvalue weighted by molar-refractivity contribution is 7.89. The Bertz CT molecular complexity index is 1860. The van der Waals surface area contributed by atoms with Crippen LogP contribution in [0.2, 0.25) is 0 Å². The van der Waals surface area contributed by atoms with E-state index in [1.165, 1.54) is 17.2 Å². The number of fused-ring (bicyclic) bond motifs is 1. The number of aromatic nitrogens is 7. The van der Waals surface area contributed by atoms with Crippen LogP contribution in [-0.2, 0) is 27.8 Å². The molecule has 4 atom stereocenters. The van der Waals surface area contributed by atoms with E-state index in [-0.39, 0.29) is 35.8 Å². The number of anilines is 1. The van der Waals surface area contributed by atoms with Crippen molar-refractivity contribution in [2.45, 2.75) is 64.3 Å². The normalized spacial score (nSPS) is 20.1. The van der Waals surface area contributed by atoms with Gasteiger partial charge in [-0.2, -0.15) is 5.10 Å². The lowest BCUT2D eigenvalue weighted by Crippen LogP contribution is -2.30. The van der Waals surface area contributed by atoms with Gasteiger partial charge in [-0.15, -0.1) is 0 Å². The molecule has 1 fully saturated rings. The Kier molecular flexibility index (Phi) is 9.61. The number of aliphatic hydroxyl groups excluding tert-OH is 2. The molecule has 0 amide bonds. The van der Waals surface area contributed by atoms with Gasteiger partial charge in [-0.25, -0.2) is 33.1 Å². The van der Waals surface area contributed by atoms with Crippen molar-refractivity contribution in [2.24, 2.45) is 5.92 Å². The first kappa shape index (κ1) is 32.7. The Balaban J connectivity index is 1.35. The Morgan fingerprint density at radius 2 is 1.62 bits per heavy atom. The summed E-state index contributed by atoms with van der Waals surface area (Å²) >= 11 is 0. The average Bonchev–Trinajstić information content (AvgIpc) is 3.78. The van der Waals surface area contributed by atoms with Gasteiger partial charge in [0.25, 0.3) is 0 Å². The maximum absolute atomic E-state index is 12.7. The monoisotopic (exact) mass is 661 g/mol. The number of benzene rings is 2. The average molecular weight is 662 g/mol. The van der Waals surface area contributed by atoms with Gasteiger partial charge in [-0.3, -0.25) is 9.25 Å². The van der Waals surface area contributed by atoms with Crippen LogP contribution >= 0.6 is 0 Å². The van der Waals surface area contributed by atoms with E-state index in [0.717, 1.165) is 11.1 Å². The summed E-state index contributed by atoms with van der Waals surface area (Å²) < 4.78 is 37.2. The summed E-state index contributed by atoms with van der Waals surface area (Å²) in [5, 5.41) is 29.8. The number of hydrogen-bond donors (Lipinski definition) is 4. The van der Waals surface area contributed by atoms with Gasteiger partial charge < -0.3 is 20.3 Å². The van der Waals surface area contributed by atoms with Crippen LogP contribution in [0.5, 0.6) is 0 Å². The number of aliphatic hydroxyl groups is 2. The molecule has 1 saturated heterocycles. The molecule has 14 nitrogen and oxygen atoms in total. The predicted octanol–water partition coefficient (Wildman–Crippen LogP) is 2.75. The van der Waals surface area contributed by atoms with E-state index < -0.39 is 34.6 Å². The van der Waals surface area contributed by atoms with E-state index >= 15 is 0 Å². The highest BCUT2D eigenvalue weighted by Crippen LogP contribution is 2.39. The van der Waals surface area contributed by atoms with Crippen molar-refractivity contribution in [2.75, 3.05) is 17.6 Å².